The van der Waals surface area contributed by atoms with Gasteiger partial charge in [0.25, 0.3) is 5.91 Å². The van der Waals surface area contributed by atoms with E-state index in [0.29, 0.717) is 6.04 Å². The molecular weight excluding hydrogens is 238 g/mol. The van der Waals surface area contributed by atoms with Gasteiger partial charge in [-0.15, -0.1) is 0 Å². The van der Waals surface area contributed by atoms with E-state index in [0.717, 1.165) is 31.4 Å². The zero-order valence-corrected chi connectivity index (χ0v) is 11.5. The third kappa shape index (κ3) is 3.14. The largest absolute Gasteiger partial charge is 0.293 e. The van der Waals surface area contributed by atoms with Crippen LogP contribution in [0.15, 0.2) is 30.3 Å². The number of hydrazine groups is 1. The van der Waals surface area contributed by atoms with Gasteiger partial charge >= 0.3 is 0 Å². The number of hydrogen-bond acceptors (Lipinski definition) is 3. The molecule has 2 atom stereocenters. The van der Waals surface area contributed by atoms with Crippen LogP contribution in [0.2, 0.25) is 0 Å². The third-order valence-electron chi connectivity index (χ3n) is 3.98. The molecule has 1 fully saturated rings. The van der Waals surface area contributed by atoms with Gasteiger partial charge in [0.2, 0.25) is 0 Å². The van der Waals surface area contributed by atoms with Crippen molar-refractivity contribution in [1.82, 2.24) is 10.3 Å². The van der Waals surface area contributed by atoms with Crippen molar-refractivity contribution in [3.8, 4) is 0 Å². The molecule has 19 heavy (non-hydrogen) atoms. The summed E-state index contributed by atoms with van der Waals surface area (Å²) in [7, 11) is 0. The average Bonchev–Trinajstić information content (AvgIpc) is 2.49. The minimum atomic E-state index is -0.267. The van der Waals surface area contributed by atoms with Gasteiger partial charge in [-0.1, -0.05) is 43.7 Å². The van der Waals surface area contributed by atoms with E-state index in [9.17, 15) is 4.79 Å². The number of rotatable bonds is 4. The minimum absolute atomic E-state index is 0.119. The van der Waals surface area contributed by atoms with Gasteiger partial charge in [0.05, 0.1) is 0 Å². The molecule has 0 aliphatic carbocycles. The normalized spacial score (nSPS) is 21.9. The van der Waals surface area contributed by atoms with Gasteiger partial charge in [-0.3, -0.25) is 15.1 Å². The second kappa shape index (κ2) is 6.68. The zero-order valence-electron chi connectivity index (χ0n) is 11.5. The molecule has 1 heterocycles. The summed E-state index contributed by atoms with van der Waals surface area (Å²) in [5.74, 6) is 5.26. The number of nitrogens with zero attached hydrogens (tertiary/aromatic N) is 1. The summed E-state index contributed by atoms with van der Waals surface area (Å²) >= 11 is 0. The van der Waals surface area contributed by atoms with Crippen LogP contribution in [0.25, 0.3) is 0 Å². The highest BCUT2D eigenvalue weighted by Gasteiger charge is 2.33. The molecule has 2 unspecified atom stereocenters. The number of benzene rings is 1. The van der Waals surface area contributed by atoms with Crippen LogP contribution in [0.4, 0.5) is 0 Å². The molecule has 1 amide bonds. The van der Waals surface area contributed by atoms with Gasteiger partial charge in [0, 0.05) is 6.04 Å². The SMILES string of the molecule is CCC1CCCCN1C(C(=O)NN)c1ccccc1. The molecule has 1 aromatic rings. The van der Waals surface area contributed by atoms with E-state index in [1.165, 1.54) is 6.42 Å². The van der Waals surface area contributed by atoms with Gasteiger partial charge in [-0.2, -0.15) is 0 Å². The quantitative estimate of drug-likeness (QED) is 0.495. The number of likely N-dealkylation sites (tertiary alicyclic amines) is 1. The van der Waals surface area contributed by atoms with Crippen LogP contribution in [-0.2, 0) is 4.79 Å². The van der Waals surface area contributed by atoms with E-state index in [4.69, 9.17) is 5.84 Å². The highest BCUT2D eigenvalue weighted by Crippen LogP contribution is 2.30. The molecule has 1 aliphatic rings. The number of nitrogens with one attached hydrogen (secondary N) is 1. The Balaban J connectivity index is 2.29. The third-order valence-corrected chi connectivity index (χ3v) is 3.98. The van der Waals surface area contributed by atoms with Gasteiger partial charge in [0.1, 0.15) is 6.04 Å². The van der Waals surface area contributed by atoms with Gasteiger partial charge < -0.3 is 0 Å². The Morgan fingerprint density at radius 3 is 2.79 bits per heavy atom. The van der Waals surface area contributed by atoms with E-state index >= 15 is 0 Å². The van der Waals surface area contributed by atoms with Crippen molar-refractivity contribution in [3.63, 3.8) is 0 Å². The summed E-state index contributed by atoms with van der Waals surface area (Å²) in [4.78, 5) is 14.5. The Morgan fingerprint density at radius 1 is 1.42 bits per heavy atom. The summed E-state index contributed by atoms with van der Waals surface area (Å²) in [5.41, 5.74) is 3.34. The van der Waals surface area contributed by atoms with E-state index in [1.54, 1.807) is 0 Å². The van der Waals surface area contributed by atoms with Crippen molar-refractivity contribution in [2.45, 2.75) is 44.7 Å². The monoisotopic (exact) mass is 261 g/mol. The lowest BCUT2D eigenvalue weighted by atomic mass is 9.94. The fraction of sp³-hybridized carbons (Fsp3) is 0.533. The van der Waals surface area contributed by atoms with Crippen LogP contribution in [0.1, 0.15) is 44.2 Å². The second-order valence-corrected chi connectivity index (χ2v) is 5.12. The van der Waals surface area contributed by atoms with Crippen molar-refractivity contribution in [2.24, 2.45) is 5.84 Å². The molecule has 4 nitrogen and oxygen atoms in total. The molecule has 2 rings (SSSR count). The first-order chi connectivity index (χ1) is 9.27. The van der Waals surface area contributed by atoms with Gasteiger partial charge in [0.15, 0.2) is 0 Å². The molecule has 4 heteroatoms. The lowest BCUT2D eigenvalue weighted by Crippen LogP contribution is -2.49. The standard InChI is InChI=1S/C15H23N3O/c1-2-13-10-6-7-11-18(13)14(15(19)17-16)12-8-4-3-5-9-12/h3-5,8-9,13-14H,2,6-7,10-11,16H2,1H3,(H,17,19). The molecule has 0 radical (unpaired) electrons. The van der Waals surface area contributed by atoms with Crippen LogP contribution in [-0.4, -0.2) is 23.4 Å². The van der Waals surface area contributed by atoms with Crippen molar-refractivity contribution in [2.75, 3.05) is 6.54 Å². The fourth-order valence-corrected chi connectivity index (χ4v) is 3.01. The fourth-order valence-electron chi connectivity index (χ4n) is 3.01. The Hall–Kier alpha value is -1.39. The smallest absolute Gasteiger partial charge is 0.255 e. The Kier molecular flexibility index (Phi) is 4.93. The van der Waals surface area contributed by atoms with Crippen molar-refractivity contribution in [1.29, 1.82) is 0 Å². The molecule has 1 aliphatic heterocycles. The Bertz CT molecular complexity index is 407. The molecule has 3 N–H and O–H groups in total. The summed E-state index contributed by atoms with van der Waals surface area (Å²) in [6.45, 7) is 3.15. The first kappa shape index (κ1) is 14.0. The maximum Gasteiger partial charge on any atom is 0.255 e. The number of carbonyl (C=O) groups is 1. The Labute approximate surface area is 114 Å². The van der Waals surface area contributed by atoms with Crippen LogP contribution in [0.5, 0.6) is 0 Å². The molecule has 0 bridgehead atoms. The lowest BCUT2D eigenvalue weighted by molar-refractivity contribution is -0.128. The number of nitrogens with two attached hydrogens (primary N) is 1. The van der Waals surface area contributed by atoms with Gasteiger partial charge in [-0.05, 0) is 31.4 Å². The van der Waals surface area contributed by atoms with E-state index in [1.807, 2.05) is 30.3 Å². The first-order valence-electron chi connectivity index (χ1n) is 7.09. The summed E-state index contributed by atoms with van der Waals surface area (Å²) in [5, 5.41) is 0. The summed E-state index contributed by atoms with van der Waals surface area (Å²) < 4.78 is 0. The van der Waals surface area contributed by atoms with Crippen molar-refractivity contribution in [3.05, 3.63) is 35.9 Å². The number of hydrogen-bond donors (Lipinski definition) is 2. The van der Waals surface area contributed by atoms with E-state index < -0.39 is 0 Å². The molecule has 0 aromatic heterocycles. The zero-order chi connectivity index (χ0) is 13.7. The minimum Gasteiger partial charge on any atom is -0.293 e. The predicted octanol–water partition coefficient (Wildman–Crippen LogP) is 1.98. The second-order valence-electron chi connectivity index (χ2n) is 5.12. The summed E-state index contributed by atoms with van der Waals surface area (Å²) in [6.07, 6.45) is 4.64. The highest BCUT2D eigenvalue weighted by atomic mass is 16.2. The Morgan fingerprint density at radius 2 is 2.16 bits per heavy atom. The van der Waals surface area contributed by atoms with Crippen LogP contribution in [0, 0.1) is 0 Å². The van der Waals surface area contributed by atoms with Crippen molar-refractivity contribution >= 4 is 5.91 Å². The maximum atomic E-state index is 12.2. The van der Waals surface area contributed by atoms with E-state index in [2.05, 4.69) is 17.2 Å². The van der Waals surface area contributed by atoms with Crippen molar-refractivity contribution < 1.29 is 4.79 Å². The molecular formula is C15H23N3O. The van der Waals surface area contributed by atoms with Crippen LogP contribution >= 0.6 is 0 Å². The lowest BCUT2D eigenvalue weighted by Gasteiger charge is -2.40. The van der Waals surface area contributed by atoms with Crippen LogP contribution < -0.4 is 11.3 Å². The molecule has 104 valence electrons. The summed E-state index contributed by atoms with van der Waals surface area (Å²) in [6, 6.07) is 10.1. The predicted molar refractivity (Wildman–Crippen MR) is 76.1 cm³/mol. The molecule has 1 aromatic carbocycles. The number of carbonyl (C=O) groups excluding carboxylic acids is 1. The maximum absolute atomic E-state index is 12.2. The first-order valence-corrected chi connectivity index (χ1v) is 7.09. The van der Waals surface area contributed by atoms with E-state index in [-0.39, 0.29) is 11.9 Å². The average molecular weight is 261 g/mol. The molecule has 0 spiro atoms. The molecule has 0 saturated carbocycles. The number of amides is 1. The van der Waals surface area contributed by atoms with Gasteiger partial charge in [-0.25, -0.2) is 5.84 Å². The van der Waals surface area contributed by atoms with Crippen LogP contribution in [0.3, 0.4) is 0 Å². The topological polar surface area (TPSA) is 58.4 Å². The molecule has 1 saturated heterocycles. The number of piperidine rings is 1. The highest BCUT2D eigenvalue weighted by molar-refractivity contribution is 5.82.